The molecule has 1 amide bonds. The summed E-state index contributed by atoms with van der Waals surface area (Å²) >= 11 is 7.39. The Morgan fingerprint density at radius 2 is 2.25 bits per heavy atom. The smallest absolute Gasteiger partial charge is 0.263 e. The van der Waals surface area contributed by atoms with Gasteiger partial charge in [0.25, 0.3) is 5.91 Å². The summed E-state index contributed by atoms with van der Waals surface area (Å²) in [7, 11) is 0. The van der Waals surface area contributed by atoms with E-state index in [9.17, 15) is 4.79 Å². The number of nitrogens with one attached hydrogen (secondary N) is 1. The van der Waals surface area contributed by atoms with Crippen molar-refractivity contribution in [1.82, 2.24) is 10.3 Å². The van der Waals surface area contributed by atoms with Gasteiger partial charge in [0.05, 0.1) is 23.9 Å². The number of thiazole rings is 1. The summed E-state index contributed by atoms with van der Waals surface area (Å²) in [6.07, 6.45) is 2.21. The molecule has 1 heterocycles. The van der Waals surface area contributed by atoms with E-state index in [1.165, 1.54) is 17.5 Å². The maximum atomic E-state index is 12.0. The fourth-order valence-corrected chi connectivity index (χ4v) is 2.81. The zero-order chi connectivity index (χ0) is 14.5. The quantitative estimate of drug-likeness (QED) is 0.892. The summed E-state index contributed by atoms with van der Waals surface area (Å²) in [6.45, 7) is 1.83. The van der Waals surface area contributed by atoms with Crippen molar-refractivity contribution in [3.05, 3.63) is 40.4 Å². The number of aromatic nitrogens is 1. The Morgan fingerprint density at radius 1 is 1.50 bits per heavy atom. The molecule has 1 aromatic heterocycles. The number of rotatable bonds is 5. The number of hydrogen-bond acceptors (Lipinski definition) is 4. The van der Waals surface area contributed by atoms with Gasteiger partial charge in [0.1, 0.15) is 9.88 Å². The van der Waals surface area contributed by atoms with Crippen LogP contribution in [0.15, 0.2) is 30.5 Å². The highest BCUT2D eigenvalue weighted by Crippen LogP contribution is 2.30. The lowest BCUT2D eigenvalue weighted by Crippen LogP contribution is -2.36. The van der Waals surface area contributed by atoms with Crippen LogP contribution in [0.5, 0.6) is 0 Å². The number of amides is 1. The Bertz CT molecular complexity index is 596. The van der Waals surface area contributed by atoms with Crippen molar-refractivity contribution in [3.8, 4) is 10.6 Å². The highest BCUT2D eigenvalue weighted by molar-refractivity contribution is 7.17. The minimum absolute atomic E-state index is 0.0710. The Labute approximate surface area is 126 Å². The number of hydrogen-bond donors (Lipinski definition) is 2. The number of benzene rings is 1. The summed E-state index contributed by atoms with van der Waals surface area (Å²) in [5.74, 6) is -0.221. The molecule has 0 bridgehead atoms. The Balaban J connectivity index is 2.17. The van der Waals surface area contributed by atoms with Crippen LogP contribution in [0.4, 0.5) is 0 Å². The minimum Gasteiger partial charge on any atom is -0.394 e. The van der Waals surface area contributed by atoms with Crippen molar-refractivity contribution in [3.63, 3.8) is 0 Å². The summed E-state index contributed by atoms with van der Waals surface area (Å²) in [6, 6.07) is 7.15. The Hall–Kier alpha value is -1.43. The lowest BCUT2D eigenvalue weighted by molar-refractivity contribution is 0.0919. The first kappa shape index (κ1) is 15.0. The van der Waals surface area contributed by atoms with E-state index >= 15 is 0 Å². The van der Waals surface area contributed by atoms with Gasteiger partial charge in [-0.25, -0.2) is 4.98 Å². The van der Waals surface area contributed by atoms with Gasteiger partial charge in [0.15, 0.2) is 0 Å². The molecular formula is C14H15ClN2O2S. The molecular weight excluding hydrogens is 296 g/mol. The molecule has 0 radical (unpaired) electrons. The standard InChI is InChI=1S/C14H15ClN2O2S/c1-2-9(8-18)17-13(19)12-7-16-14(20-12)10-5-3-4-6-11(10)15/h3-7,9,18H,2,8H2,1H3,(H,17,19). The maximum Gasteiger partial charge on any atom is 0.263 e. The van der Waals surface area contributed by atoms with Crippen molar-refractivity contribution in [2.75, 3.05) is 6.61 Å². The lowest BCUT2D eigenvalue weighted by Gasteiger charge is -2.12. The topological polar surface area (TPSA) is 62.2 Å². The van der Waals surface area contributed by atoms with Gasteiger partial charge in [-0.1, -0.05) is 36.7 Å². The second kappa shape index (κ2) is 6.83. The molecule has 0 aliphatic rings. The van der Waals surface area contributed by atoms with Gasteiger partial charge >= 0.3 is 0 Å². The molecule has 6 heteroatoms. The summed E-state index contributed by atoms with van der Waals surface area (Å²) in [5, 5.41) is 13.2. The van der Waals surface area contributed by atoms with Gasteiger partial charge in [-0.05, 0) is 12.5 Å². The van der Waals surface area contributed by atoms with Crippen molar-refractivity contribution in [1.29, 1.82) is 0 Å². The third-order valence-corrected chi connectivity index (χ3v) is 4.24. The van der Waals surface area contributed by atoms with Crippen LogP contribution in [-0.4, -0.2) is 28.6 Å². The summed E-state index contributed by atoms with van der Waals surface area (Å²) in [5.41, 5.74) is 0.812. The van der Waals surface area contributed by atoms with E-state index in [1.54, 1.807) is 6.07 Å². The molecule has 1 atom stereocenters. The van der Waals surface area contributed by atoms with Gasteiger partial charge in [0, 0.05) is 5.56 Å². The Kier molecular flexibility index (Phi) is 5.11. The number of aliphatic hydroxyl groups excluding tert-OH is 1. The first-order valence-electron chi connectivity index (χ1n) is 6.28. The highest BCUT2D eigenvalue weighted by atomic mass is 35.5. The molecule has 0 fully saturated rings. The van der Waals surface area contributed by atoms with Gasteiger partial charge in [-0.3, -0.25) is 4.79 Å². The average Bonchev–Trinajstić information content (AvgIpc) is 2.94. The van der Waals surface area contributed by atoms with Crippen molar-refractivity contribution < 1.29 is 9.90 Å². The molecule has 4 nitrogen and oxygen atoms in total. The van der Waals surface area contributed by atoms with Crippen LogP contribution in [0.1, 0.15) is 23.0 Å². The van der Waals surface area contributed by atoms with E-state index in [2.05, 4.69) is 10.3 Å². The van der Waals surface area contributed by atoms with Crippen LogP contribution < -0.4 is 5.32 Å². The van der Waals surface area contributed by atoms with Crippen LogP contribution in [-0.2, 0) is 0 Å². The van der Waals surface area contributed by atoms with Gasteiger partial charge < -0.3 is 10.4 Å². The van der Waals surface area contributed by atoms with Crippen molar-refractivity contribution in [2.45, 2.75) is 19.4 Å². The molecule has 20 heavy (non-hydrogen) atoms. The molecule has 2 aromatic rings. The predicted octanol–water partition coefficient (Wildman–Crippen LogP) is 2.96. The average molecular weight is 311 g/mol. The SMILES string of the molecule is CCC(CO)NC(=O)c1cnc(-c2ccccc2Cl)s1. The first-order chi connectivity index (χ1) is 9.65. The first-order valence-corrected chi connectivity index (χ1v) is 7.47. The van der Waals surface area contributed by atoms with E-state index < -0.39 is 0 Å². The zero-order valence-electron chi connectivity index (χ0n) is 11.0. The van der Waals surface area contributed by atoms with Crippen molar-refractivity contribution in [2.24, 2.45) is 0 Å². The minimum atomic E-state index is -0.228. The third kappa shape index (κ3) is 3.36. The number of carbonyl (C=O) groups is 1. The molecule has 2 rings (SSSR count). The Morgan fingerprint density at radius 3 is 2.90 bits per heavy atom. The molecule has 106 valence electrons. The van der Waals surface area contributed by atoms with Crippen LogP contribution in [0.2, 0.25) is 5.02 Å². The monoisotopic (exact) mass is 310 g/mol. The molecule has 0 saturated carbocycles. The lowest BCUT2D eigenvalue weighted by atomic mass is 10.2. The molecule has 0 spiro atoms. The number of halogens is 1. The molecule has 2 N–H and O–H groups in total. The van der Waals surface area contributed by atoms with Crippen molar-refractivity contribution >= 4 is 28.8 Å². The van der Waals surface area contributed by atoms with Crippen LogP contribution in [0, 0.1) is 0 Å². The largest absolute Gasteiger partial charge is 0.394 e. The molecule has 0 aliphatic heterocycles. The summed E-state index contributed by atoms with van der Waals surface area (Å²) in [4.78, 5) is 16.8. The van der Waals surface area contributed by atoms with E-state index in [0.717, 1.165) is 5.56 Å². The van der Waals surface area contributed by atoms with Crippen LogP contribution in [0.3, 0.4) is 0 Å². The van der Waals surface area contributed by atoms with E-state index in [-0.39, 0.29) is 18.6 Å². The predicted molar refractivity (Wildman–Crippen MR) is 81.2 cm³/mol. The van der Waals surface area contributed by atoms with Gasteiger partial charge in [0.2, 0.25) is 0 Å². The molecule has 0 aliphatic carbocycles. The van der Waals surface area contributed by atoms with Crippen LogP contribution >= 0.6 is 22.9 Å². The highest BCUT2D eigenvalue weighted by Gasteiger charge is 2.15. The molecule has 0 saturated heterocycles. The second-order valence-corrected chi connectivity index (χ2v) is 5.71. The summed E-state index contributed by atoms with van der Waals surface area (Å²) < 4.78 is 0. The fourth-order valence-electron chi connectivity index (χ4n) is 1.67. The second-order valence-electron chi connectivity index (χ2n) is 4.27. The fraction of sp³-hybridized carbons (Fsp3) is 0.286. The maximum absolute atomic E-state index is 12.0. The van der Waals surface area contributed by atoms with E-state index in [0.29, 0.717) is 21.3 Å². The van der Waals surface area contributed by atoms with E-state index in [4.69, 9.17) is 16.7 Å². The number of nitrogens with zero attached hydrogens (tertiary/aromatic N) is 1. The van der Waals surface area contributed by atoms with Crippen LogP contribution in [0.25, 0.3) is 10.6 Å². The third-order valence-electron chi connectivity index (χ3n) is 2.88. The van der Waals surface area contributed by atoms with E-state index in [1.807, 2.05) is 25.1 Å². The zero-order valence-corrected chi connectivity index (χ0v) is 12.5. The van der Waals surface area contributed by atoms with Gasteiger partial charge in [-0.2, -0.15) is 0 Å². The normalized spacial score (nSPS) is 12.2. The van der Waals surface area contributed by atoms with Gasteiger partial charge in [-0.15, -0.1) is 11.3 Å². The number of carbonyl (C=O) groups excluding carboxylic acids is 1. The molecule has 1 unspecified atom stereocenters. The molecule has 1 aromatic carbocycles. The number of aliphatic hydroxyl groups is 1.